The van der Waals surface area contributed by atoms with Crippen LogP contribution in [0.5, 0.6) is 11.5 Å². The number of hydrogen-bond donors (Lipinski definition) is 1. The second-order valence-electron chi connectivity index (χ2n) is 3.87. The molecule has 2 nitrogen and oxygen atoms in total. The summed E-state index contributed by atoms with van der Waals surface area (Å²) in [4.78, 5) is 0.250. The van der Waals surface area contributed by atoms with Gasteiger partial charge in [0.15, 0.2) is 0 Å². The number of thiocarbonyl (C=S) groups is 1. The summed E-state index contributed by atoms with van der Waals surface area (Å²) in [6.07, 6.45) is 0. The number of para-hydroxylation sites is 1. The minimum atomic E-state index is -0.344. The summed E-state index contributed by atoms with van der Waals surface area (Å²) in [5.41, 5.74) is 7.09. The standard InChI is InChI=1S/C14H12FNOS/c1-9-6-7-10(15)8-13(9)17-12-5-3-2-4-11(12)14(16)18/h2-8H,1H3,(H2,16,18). The number of rotatable bonds is 3. The van der Waals surface area contributed by atoms with Crippen molar-refractivity contribution in [2.75, 3.05) is 0 Å². The van der Waals surface area contributed by atoms with Crippen LogP contribution in [0.1, 0.15) is 11.1 Å². The van der Waals surface area contributed by atoms with Crippen LogP contribution in [-0.2, 0) is 0 Å². The highest BCUT2D eigenvalue weighted by Gasteiger charge is 2.08. The molecule has 2 rings (SSSR count). The second-order valence-corrected chi connectivity index (χ2v) is 4.31. The average molecular weight is 261 g/mol. The lowest BCUT2D eigenvalue weighted by molar-refractivity contribution is 0.472. The van der Waals surface area contributed by atoms with Gasteiger partial charge in [-0.3, -0.25) is 0 Å². The van der Waals surface area contributed by atoms with Gasteiger partial charge in [-0.1, -0.05) is 30.4 Å². The third-order valence-electron chi connectivity index (χ3n) is 2.52. The zero-order valence-electron chi connectivity index (χ0n) is 9.81. The highest BCUT2D eigenvalue weighted by molar-refractivity contribution is 7.80. The molecule has 0 saturated heterocycles. The van der Waals surface area contributed by atoms with E-state index in [2.05, 4.69) is 0 Å². The number of hydrogen-bond acceptors (Lipinski definition) is 2. The molecule has 18 heavy (non-hydrogen) atoms. The van der Waals surface area contributed by atoms with E-state index in [1.54, 1.807) is 18.2 Å². The normalized spacial score (nSPS) is 10.1. The van der Waals surface area contributed by atoms with Gasteiger partial charge in [0, 0.05) is 6.07 Å². The van der Waals surface area contributed by atoms with Crippen LogP contribution in [0.15, 0.2) is 42.5 Å². The Hall–Kier alpha value is -1.94. The molecular weight excluding hydrogens is 249 g/mol. The molecule has 2 N–H and O–H groups in total. The van der Waals surface area contributed by atoms with E-state index in [0.29, 0.717) is 17.1 Å². The summed E-state index contributed by atoms with van der Waals surface area (Å²) in [5.74, 6) is 0.640. The van der Waals surface area contributed by atoms with Crippen LogP contribution in [0.2, 0.25) is 0 Å². The number of nitrogens with two attached hydrogens (primary N) is 1. The van der Waals surface area contributed by atoms with E-state index in [-0.39, 0.29) is 10.8 Å². The van der Waals surface area contributed by atoms with E-state index < -0.39 is 0 Å². The maximum absolute atomic E-state index is 13.2. The molecule has 0 heterocycles. The summed E-state index contributed by atoms with van der Waals surface area (Å²) in [6.45, 7) is 1.85. The number of aryl methyl sites for hydroxylation is 1. The molecule has 0 fully saturated rings. The van der Waals surface area contributed by atoms with Gasteiger partial charge in [0.05, 0.1) is 5.56 Å². The van der Waals surface area contributed by atoms with Crippen LogP contribution in [0.4, 0.5) is 4.39 Å². The fourth-order valence-electron chi connectivity index (χ4n) is 1.56. The van der Waals surface area contributed by atoms with E-state index in [1.807, 2.05) is 19.1 Å². The SMILES string of the molecule is Cc1ccc(F)cc1Oc1ccccc1C(N)=S. The van der Waals surface area contributed by atoms with Gasteiger partial charge in [0.1, 0.15) is 22.3 Å². The molecule has 0 amide bonds. The Labute approximate surface area is 110 Å². The van der Waals surface area contributed by atoms with Crippen LogP contribution in [0.25, 0.3) is 0 Å². The Kier molecular flexibility index (Phi) is 3.58. The largest absolute Gasteiger partial charge is 0.456 e. The van der Waals surface area contributed by atoms with Crippen molar-refractivity contribution in [3.8, 4) is 11.5 Å². The topological polar surface area (TPSA) is 35.2 Å². The smallest absolute Gasteiger partial charge is 0.137 e. The third-order valence-corrected chi connectivity index (χ3v) is 2.74. The van der Waals surface area contributed by atoms with Crippen molar-refractivity contribution in [1.82, 2.24) is 0 Å². The van der Waals surface area contributed by atoms with E-state index in [0.717, 1.165) is 5.56 Å². The highest BCUT2D eigenvalue weighted by atomic mass is 32.1. The Morgan fingerprint density at radius 2 is 1.89 bits per heavy atom. The van der Waals surface area contributed by atoms with Gasteiger partial charge >= 0.3 is 0 Å². The molecular formula is C14H12FNOS. The lowest BCUT2D eigenvalue weighted by atomic mass is 10.2. The van der Waals surface area contributed by atoms with Gasteiger partial charge in [0.2, 0.25) is 0 Å². The van der Waals surface area contributed by atoms with Crippen molar-refractivity contribution in [2.45, 2.75) is 6.92 Å². The second kappa shape index (κ2) is 5.14. The van der Waals surface area contributed by atoms with Crippen molar-refractivity contribution in [3.05, 3.63) is 59.4 Å². The van der Waals surface area contributed by atoms with Crippen molar-refractivity contribution in [1.29, 1.82) is 0 Å². The lowest BCUT2D eigenvalue weighted by Crippen LogP contribution is -2.10. The van der Waals surface area contributed by atoms with Crippen molar-refractivity contribution in [3.63, 3.8) is 0 Å². The first-order chi connectivity index (χ1) is 8.58. The van der Waals surface area contributed by atoms with Gasteiger partial charge in [0.25, 0.3) is 0 Å². The van der Waals surface area contributed by atoms with Gasteiger partial charge in [-0.15, -0.1) is 0 Å². The van der Waals surface area contributed by atoms with E-state index >= 15 is 0 Å². The molecule has 0 bridgehead atoms. The maximum Gasteiger partial charge on any atom is 0.137 e. The van der Waals surface area contributed by atoms with Crippen LogP contribution in [0, 0.1) is 12.7 Å². The molecule has 0 atom stereocenters. The number of halogens is 1. The molecule has 2 aromatic carbocycles. The predicted molar refractivity (Wildman–Crippen MR) is 73.5 cm³/mol. The first-order valence-electron chi connectivity index (χ1n) is 5.41. The van der Waals surface area contributed by atoms with Crippen LogP contribution in [0.3, 0.4) is 0 Å². The minimum absolute atomic E-state index is 0.250. The van der Waals surface area contributed by atoms with Gasteiger partial charge in [-0.05, 0) is 30.7 Å². The van der Waals surface area contributed by atoms with Gasteiger partial charge < -0.3 is 10.5 Å². The van der Waals surface area contributed by atoms with Gasteiger partial charge in [-0.2, -0.15) is 0 Å². The van der Waals surface area contributed by atoms with Crippen molar-refractivity contribution >= 4 is 17.2 Å². The molecule has 0 saturated carbocycles. The Balaban J connectivity index is 2.40. The summed E-state index contributed by atoms with van der Waals surface area (Å²) in [6, 6.07) is 11.5. The zero-order chi connectivity index (χ0) is 13.1. The quantitative estimate of drug-likeness (QED) is 0.858. The Morgan fingerprint density at radius 1 is 1.17 bits per heavy atom. The Bertz CT molecular complexity index is 598. The maximum atomic E-state index is 13.2. The van der Waals surface area contributed by atoms with E-state index in [1.165, 1.54) is 12.1 Å². The summed E-state index contributed by atoms with van der Waals surface area (Å²) in [5, 5.41) is 0. The van der Waals surface area contributed by atoms with Crippen LogP contribution in [-0.4, -0.2) is 4.99 Å². The molecule has 0 aromatic heterocycles. The molecule has 0 spiro atoms. The monoisotopic (exact) mass is 261 g/mol. The predicted octanol–water partition coefficient (Wildman–Crippen LogP) is 3.56. The average Bonchev–Trinajstić information content (AvgIpc) is 2.34. The fourth-order valence-corrected chi connectivity index (χ4v) is 1.73. The third kappa shape index (κ3) is 2.65. The molecule has 0 radical (unpaired) electrons. The summed E-state index contributed by atoms with van der Waals surface area (Å²) < 4.78 is 18.9. The zero-order valence-corrected chi connectivity index (χ0v) is 10.6. The van der Waals surface area contributed by atoms with E-state index in [4.69, 9.17) is 22.7 Å². The molecule has 2 aromatic rings. The minimum Gasteiger partial charge on any atom is -0.456 e. The number of benzene rings is 2. The highest BCUT2D eigenvalue weighted by Crippen LogP contribution is 2.28. The molecule has 92 valence electrons. The van der Waals surface area contributed by atoms with Crippen LogP contribution < -0.4 is 10.5 Å². The summed E-state index contributed by atoms with van der Waals surface area (Å²) >= 11 is 4.95. The van der Waals surface area contributed by atoms with Crippen molar-refractivity contribution in [2.24, 2.45) is 5.73 Å². The molecule has 0 aliphatic carbocycles. The lowest BCUT2D eigenvalue weighted by Gasteiger charge is -2.12. The number of ether oxygens (including phenoxy) is 1. The van der Waals surface area contributed by atoms with Crippen molar-refractivity contribution < 1.29 is 9.13 Å². The van der Waals surface area contributed by atoms with Crippen LogP contribution >= 0.6 is 12.2 Å². The molecule has 0 aliphatic rings. The fraction of sp³-hybridized carbons (Fsp3) is 0.0714. The molecule has 4 heteroatoms. The molecule has 0 aliphatic heterocycles. The van der Waals surface area contributed by atoms with E-state index in [9.17, 15) is 4.39 Å². The van der Waals surface area contributed by atoms with Gasteiger partial charge in [-0.25, -0.2) is 4.39 Å². The molecule has 0 unspecified atom stereocenters. The first-order valence-corrected chi connectivity index (χ1v) is 5.81. The first kappa shape index (κ1) is 12.5. The Morgan fingerprint density at radius 3 is 2.61 bits per heavy atom. The summed E-state index contributed by atoms with van der Waals surface area (Å²) in [7, 11) is 0.